The molecule has 7 nitrogen and oxygen atoms in total. The summed E-state index contributed by atoms with van der Waals surface area (Å²) in [7, 11) is 1.67. The second-order valence-corrected chi connectivity index (χ2v) is 11.7. The van der Waals surface area contributed by atoms with Gasteiger partial charge in [-0.1, -0.05) is 65.8 Å². The number of allylic oxidation sites excluding steroid dienone is 1. The number of hydrogen-bond donors (Lipinski definition) is 3. The van der Waals surface area contributed by atoms with Crippen molar-refractivity contribution in [2.75, 3.05) is 5.32 Å². The van der Waals surface area contributed by atoms with Crippen LogP contribution in [0.1, 0.15) is 63.0 Å². The van der Waals surface area contributed by atoms with Gasteiger partial charge in [0.1, 0.15) is 11.5 Å². The molecular formula is C31H39N5O2. The second kappa shape index (κ2) is 10.7. The van der Waals surface area contributed by atoms with Crippen LogP contribution in [0.5, 0.6) is 0 Å². The van der Waals surface area contributed by atoms with Crippen LogP contribution in [-0.4, -0.2) is 16.3 Å². The van der Waals surface area contributed by atoms with E-state index in [0.29, 0.717) is 16.9 Å². The van der Waals surface area contributed by atoms with Crippen molar-refractivity contribution in [3.05, 3.63) is 93.5 Å². The highest BCUT2D eigenvalue weighted by atomic mass is 16.1. The zero-order valence-electron chi connectivity index (χ0n) is 23.6. The maximum absolute atomic E-state index is 13.0. The number of nitrogens with zero attached hydrogens (tertiary/aromatic N) is 2. The lowest BCUT2D eigenvalue weighted by Crippen LogP contribution is -2.22. The molecule has 1 heterocycles. The highest BCUT2D eigenvalue weighted by Gasteiger charge is 2.17. The molecule has 0 radical (unpaired) electrons. The Hall–Kier alpha value is -4.13. The number of rotatable bonds is 5. The fraction of sp³-hybridized carbons (Fsp3) is 0.323. The minimum absolute atomic E-state index is 0.0127. The summed E-state index contributed by atoms with van der Waals surface area (Å²) in [6, 6.07) is 15.0. The molecule has 1 amide bonds. The first-order valence-corrected chi connectivity index (χ1v) is 12.6. The van der Waals surface area contributed by atoms with Crippen LogP contribution in [0.2, 0.25) is 0 Å². The molecule has 0 spiro atoms. The summed E-state index contributed by atoms with van der Waals surface area (Å²) in [6.07, 6.45) is 3.33. The number of hydrogen-bond acceptors (Lipinski definition) is 4. The summed E-state index contributed by atoms with van der Waals surface area (Å²) in [4.78, 5) is 30.2. The van der Waals surface area contributed by atoms with Gasteiger partial charge in [0.05, 0.1) is 0 Å². The molecule has 0 atom stereocenters. The van der Waals surface area contributed by atoms with Crippen LogP contribution in [0.25, 0.3) is 11.1 Å². The van der Waals surface area contributed by atoms with Crippen molar-refractivity contribution in [3.8, 4) is 11.1 Å². The molecule has 3 aromatic rings. The fourth-order valence-corrected chi connectivity index (χ4v) is 3.87. The second-order valence-electron chi connectivity index (χ2n) is 11.7. The number of aliphatic imine (C=N–C) groups is 1. The molecule has 0 saturated heterocycles. The Balaban J connectivity index is 1.96. The van der Waals surface area contributed by atoms with Gasteiger partial charge >= 0.3 is 0 Å². The average molecular weight is 514 g/mol. The Labute approximate surface area is 225 Å². The third-order valence-electron chi connectivity index (χ3n) is 6.49. The van der Waals surface area contributed by atoms with Crippen molar-refractivity contribution >= 4 is 23.1 Å². The molecule has 0 aliphatic carbocycles. The van der Waals surface area contributed by atoms with Gasteiger partial charge in [-0.25, -0.2) is 4.99 Å². The molecule has 0 saturated carbocycles. The van der Waals surface area contributed by atoms with Crippen LogP contribution in [0, 0.1) is 12.3 Å². The molecule has 0 aliphatic heterocycles. The third-order valence-corrected chi connectivity index (χ3v) is 6.49. The van der Waals surface area contributed by atoms with Crippen LogP contribution in [-0.2, 0) is 12.5 Å². The van der Waals surface area contributed by atoms with Gasteiger partial charge < -0.3 is 21.4 Å². The fourth-order valence-electron chi connectivity index (χ4n) is 3.87. The molecule has 0 unspecified atom stereocenters. The van der Waals surface area contributed by atoms with Crippen molar-refractivity contribution in [1.29, 1.82) is 0 Å². The highest BCUT2D eigenvalue weighted by Crippen LogP contribution is 2.30. The number of nitrogens with one attached hydrogen (secondary N) is 1. The van der Waals surface area contributed by atoms with E-state index in [-0.39, 0.29) is 33.8 Å². The summed E-state index contributed by atoms with van der Waals surface area (Å²) >= 11 is 0. The Kier molecular flexibility index (Phi) is 8.01. The van der Waals surface area contributed by atoms with Crippen LogP contribution in [0.3, 0.4) is 0 Å². The maximum Gasteiger partial charge on any atom is 0.276 e. The number of benzene rings is 2. The van der Waals surface area contributed by atoms with Gasteiger partial charge in [0.25, 0.3) is 11.5 Å². The molecule has 2 aromatic carbocycles. The summed E-state index contributed by atoms with van der Waals surface area (Å²) in [5, 5.41) is 3.03. The number of aryl methyl sites for hydroxylation is 1. The summed E-state index contributed by atoms with van der Waals surface area (Å²) in [5.74, 6) is -0.0330. The van der Waals surface area contributed by atoms with Crippen molar-refractivity contribution in [3.63, 3.8) is 0 Å². The third kappa shape index (κ3) is 6.59. The van der Waals surface area contributed by atoms with E-state index in [1.54, 1.807) is 25.4 Å². The van der Waals surface area contributed by atoms with Gasteiger partial charge in [0, 0.05) is 41.2 Å². The first kappa shape index (κ1) is 28.4. The van der Waals surface area contributed by atoms with Crippen molar-refractivity contribution < 1.29 is 4.79 Å². The molecule has 38 heavy (non-hydrogen) atoms. The lowest BCUT2D eigenvalue weighted by atomic mass is 9.86. The van der Waals surface area contributed by atoms with E-state index in [0.717, 1.165) is 22.3 Å². The molecular weight excluding hydrogens is 474 g/mol. The zero-order valence-corrected chi connectivity index (χ0v) is 23.6. The molecule has 0 bridgehead atoms. The van der Waals surface area contributed by atoms with Crippen LogP contribution in [0.15, 0.2) is 76.3 Å². The molecule has 5 N–H and O–H groups in total. The Morgan fingerprint density at radius 2 is 1.63 bits per heavy atom. The number of nitrogens with two attached hydrogens (primary N) is 2. The molecule has 7 heteroatoms. The van der Waals surface area contributed by atoms with E-state index in [2.05, 4.69) is 31.1 Å². The molecule has 0 aliphatic rings. The van der Waals surface area contributed by atoms with E-state index >= 15 is 0 Å². The SMILES string of the molecule is Cc1c(NC(=O)c2ccc(C(C)(C)C)cc2)cccc1-c1cc(N=C(N)/C=C(\N)C(C)(C)C)c(=O)n(C)c1. The lowest BCUT2D eigenvalue weighted by molar-refractivity contribution is 0.102. The van der Waals surface area contributed by atoms with Gasteiger partial charge in [-0.3, -0.25) is 9.59 Å². The minimum atomic E-state index is -0.278. The highest BCUT2D eigenvalue weighted by molar-refractivity contribution is 6.05. The Morgan fingerprint density at radius 3 is 2.21 bits per heavy atom. The van der Waals surface area contributed by atoms with Crippen LogP contribution in [0.4, 0.5) is 11.4 Å². The van der Waals surface area contributed by atoms with Gasteiger partial charge in [-0.15, -0.1) is 0 Å². The number of amidine groups is 1. The van der Waals surface area contributed by atoms with E-state index in [1.165, 1.54) is 4.57 Å². The Bertz CT molecular complexity index is 1460. The largest absolute Gasteiger partial charge is 0.401 e. The average Bonchev–Trinajstić information content (AvgIpc) is 2.82. The van der Waals surface area contributed by atoms with Crippen molar-refractivity contribution in [1.82, 2.24) is 4.57 Å². The normalized spacial score (nSPS) is 12.9. The smallest absolute Gasteiger partial charge is 0.276 e. The summed E-state index contributed by atoms with van der Waals surface area (Å²) in [6.45, 7) is 14.3. The first-order chi connectivity index (χ1) is 17.6. The van der Waals surface area contributed by atoms with E-state index < -0.39 is 0 Å². The summed E-state index contributed by atoms with van der Waals surface area (Å²) < 4.78 is 1.47. The van der Waals surface area contributed by atoms with Gasteiger partial charge in [-0.2, -0.15) is 0 Å². The summed E-state index contributed by atoms with van der Waals surface area (Å²) in [5.41, 5.74) is 17.4. The molecule has 0 fully saturated rings. The number of anilines is 1. The number of aromatic nitrogens is 1. The first-order valence-electron chi connectivity index (χ1n) is 12.6. The molecule has 1 aromatic heterocycles. The molecule has 3 rings (SSSR count). The van der Waals surface area contributed by atoms with Crippen LogP contribution >= 0.6 is 0 Å². The van der Waals surface area contributed by atoms with Crippen molar-refractivity contribution in [2.45, 2.75) is 53.9 Å². The van der Waals surface area contributed by atoms with Gasteiger partial charge in [-0.05, 0) is 59.4 Å². The number of carbonyl (C=O) groups excluding carboxylic acids is 1. The standard InChI is InChI=1S/C31H39N5O2/c1-19-23(10-9-11-24(19)35-28(37)20-12-14-22(15-13-20)30(2,3)4)21-16-25(29(38)36(8)18-21)34-27(33)17-26(32)31(5,6)7/h9-18H,32H2,1-8H3,(H2,33,34)(H,35,37)/b26-17-. The number of pyridine rings is 1. The maximum atomic E-state index is 13.0. The van der Waals surface area contributed by atoms with Gasteiger partial charge in [0.2, 0.25) is 0 Å². The predicted octanol–water partition coefficient (Wildman–Crippen LogP) is 5.79. The van der Waals surface area contributed by atoms with E-state index in [4.69, 9.17) is 11.5 Å². The topological polar surface area (TPSA) is 116 Å². The Morgan fingerprint density at radius 1 is 1.00 bits per heavy atom. The van der Waals surface area contributed by atoms with E-state index in [1.807, 2.05) is 70.2 Å². The monoisotopic (exact) mass is 513 g/mol. The lowest BCUT2D eigenvalue weighted by Gasteiger charge is -2.19. The van der Waals surface area contributed by atoms with Crippen molar-refractivity contribution in [2.24, 2.45) is 28.9 Å². The quantitative estimate of drug-likeness (QED) is 0.296. The predicted molar refractivity (Wildman–Crippen MR) is 158 cm³/mol. The minimum Gasteiger partial charge on any atom is -0.401 e. The van der Waals surface area contributed by atoms with Gasteiger partial charge in [0.15, 0.2) is 0 Å². The zero-order chi connectivity index (χ0) is 28.4. The van der Waals surface area contributed by atoms with Crippen LogP contribution < -0.4 is 22.3 Å². The molecule has 200 valence electrons. The number of carbonyl (C=O) groups is 1. The number of amides is 1. The van der Waals surface area contributed by atoms with E-state index in [9.17, 15) is 9.59 Å².